The normalized spacial score (nSPS) is 14.9. The number of nitrogens with zero attached hydrogens (tertiary/aromatic N) is 5. The van der Waals surface area contributed by atoms with Gasteiger partial charge in [-0.05, 0) is 36.8 Å². The number of benzene rings is 2. The van der Waals surface area contributed by atoms with Crippen LogP contribution in [0.3, 0.4) is 0 Å². The summed E-state index contributed by atoms with van der Waals surface area (Å²) in [5.74, 6) is 2.70. The largest absolute Gasteiger partial charge is 0.364 e. The van der Waals surface area contributed by atoms with E-state index in [4.69, 9.17) is 10.1 Å². The molecule has 0 unspecified atom stereocenters. The molecule has 9 heteroatoms. The van der Waals surface area contributed by atoms with Crippen molar-refractivity contribution in [2.45, 2.75) is 20.0 Å². The average Bonchev–Trinajstić information content (AvgIpc) is 3.48. The number of anilines is 1. The zero-order valence-electron chi connectivity index (χ0n) is 20.6. The number of aldehydes is 1. The maximum absolute atomic E-state index is 11.8. The van der Waals surface area contributed by atoms with Crippen LogP contribution in [0, 0.1) is 6.92 Å². The molecule has 37 heavy (non-hydrogen) atoms. The summed E-state index contributed by atoms with van der Waals surface area (Å²) in [6.07, 6.45) is 0.888. The third-order valence-corrected chi connectivity index (χ3v) is 8.20. The molecule has 5 aromatic rings. The topological polar surface area (TPSA) is 84.5 Å². The number of hydrogen-bond donors (Lipinski definition) is 1. The molecule has 188 valence electrons. The third kappa shape index (κ3) is 4.56. The Labute approximate surface area is 217 Å². The number of aromatic nitrogens is 4. The molecule has 0 spiro atoms. The van der Waals surface area contributed by atoms with Crippen LogP contribution in [-0.2, 0) is 23.9 Å². The molecule has 0 amide bonds. The van der Waals surface area contributed by atoms with Crippen molar-refractivity contribution in [2.24, 2.45) is 0 Å². The van der Waals surface area contributed by atoms with Gasteiger partial charge in [0.2, 0.25) is 0 Å². The Hall–Kier alpha value is -3.82. The molecular formula is C28H28N6O2S. The second-order valence-electron chi connectivity index (χ2n) is 9.36. The predicted octanol–water partition coefficient (Wildman–Crippen LogP) is 3.97. The summed E-state index contributed by atoms with van der Waals surface area (Å²) in [5, 5.41) is 9.40. The Bertz CT molecular complexity index is 1610. The quantitative estimate of drug-likeness (QED) is 0.332. The number of carbonyl (C=O) groups excluding carboxylic acids is 1. The van der Waals surface area contributed by atoms with E-state index in [2.05, 4.69) is 34.5 Å². The molecule has 0 radical (unpaired) electrons. The van der Waals surface area contributed by atoms with Crippen molar-refractivity contribution >= 4 is 39.3 Å². The number of rotatable bonds is 7. The highest BCUT2D eigenvalue weighted by Crippen LogP contribution is 2.27. The standard InChI is InChI=1S/C28H28N6O2S/c1-20-16-24-22(19-35)8-5-9-25(24)33(20)28-30-27(29-17-21-6-3-2-4-7-21)26-11-10-23(34(26)31-28)18-32-12-14-37(36)15-13-32/h2-11,16,19H,12-15,17-18H2,1H3,(H,29,30,31). The lowest BCUT2D eigenvalue weighted by Crippen LogP contribution is -2.37. The van der Waals surface area contributed by atoms with Gasteiger partial charge in [0.1, 0.15) is 5.52 Å². The van der Waals surface area contributed by atoms with Crippen LogP contribution < -0.4 is 5.32 Å². The van der Waals surface area contributed by atoms with Gasteiger partial charge in [-0.25, -0.2) is 4.52 Å². The Morgan fingerprint density at radius 3 is 2.59 bits per heavy atom. The van der Waals surface area contributed by atoms with Gasteiger partial charge in [0.15, 0.2) is 12.1 Å². The zero-order valence-corrected chi connectivity index (χ0v) is 21.4. The van der Waals surface area contributed by atoms with Crippen molar-refractivity contribution in [1.82, 2.24) is 24.1 Å². The van der Waals surface area contributed by atoms with Crippen molar-refractivity contribution in [3.05, 3.63) is 89.2 Å². The van der Waals surface area contributed by atoms with E-state index >= 15 is 0 Å². The van der Waals surface area contributed by atoms with E-state index in [0.29, 0.717) is 29.6 Å². The fourth-order valence-corrected chi connectivity index (χ4v) is 6.11. The lowest BCUT2D eigenvalue weighted by atomic mass is 10.1. The molecule has 1 N–H and O–H groups in total. The summed E-state index contributed by atoms with van der Waals surface area (Å²) in [7, 11) is -0.716. The SMILES string of the molecule is Cc1cc2c(C=O)cccc2n1-c1nc(NCc2ccccc2)c2ccc(CN3CCS(=O)CC3)n2n1. The van der Waals surface area contributed by atoms with Gasteiger partial charge in [0.05, 0.1) is 11.2 Å². The first-order valence-corrected chi connectivity index (χ1v) is 13.9. The Balaban J connectivity index is 1.46. The second kappa shape index (κ2) is 9.91. The van der Waals surface area contributed by atoms with E-state index in [1.165, 1.54) is 0 Å². The number of carbonyl (C=O) groups is 1. The van der Waals surface area contributed by atoms with Crippen LogP contribution in [0.4, 0.5) is 5.82 Å². The van der Waals surface area contributed by atoms with E-state index < -0.39 is 10.8 Å². The molecule has 1 aliphatic heterocycles. The summed E-state index contributed by atoms with van der Waals surface area (Å²) < 4.78 is 15.8. The molecule has 0 bridgehead atoms. The summed E-state index contributed by atoms with van der Waals surface area (Å²) in [6.45, 7) is 4.98. The van der Waals surface area contributed by atoms with E-state index in [0.717, 1.165) is 65.1 Å². The fraction of sp³-hybridized carbons (Fsp3) is 0.250. The average molecular weight is 513 g/mol. The van der Waals surface area contributed by atoms with Crippen LogP contribution in [0.15, 0.2) is 66.7 Å². The first kappa shape index (κ1) is 23.6. The number of hydrogen-bond acceptors (Lipinski definition) is 6. The highest BCUT2D eigenvalue weighted by atomic mass is 32.2. The van der Waals surface area contributed by atoms with E-state index in [9.17, 15) is 9.00 Å². The molecule has 0 aliphatic carbocycles. The Morgan fingerprint density at radius 1 is 1.00 bits per heavy atom. The zero-order chi connectivity index (χ0) is 25.4. The number of aryl methyl sites for hydroxylation is 1. The van der Waals surface area contributed by atoms with Crippen LogP contribution >= 0.6 is 0 Å². The number of fused-ring (bicyclic) bond motifs is 2. The molecular weight excluding hydrogens is 484 g/mol. The molecule has 3 aromatic heterocycles. The molecule has 2 aromatic carbocycles. The van der Waals surface area contributed by atoms with Crippen molar-refractivity contribution in [1.29, 1.82) is 0 Å². The molecule has 1 saturated heterocycles. The van der Waals surface area contributed by atoms with Crippen molar-refractivity contribution in [2.75, 3.05) is 29.9 Å². The minimum atomic E-state index is -0.716. The van der Waals surface area contributed by atoms with Gasteiger partial charge >= 0.3 is 0 Å². The first-order chi connectivity index (χ1) is 18.1. The van der Waals surface area contributed by atoms with Gasteiger partial charge in [-0.1, -0.05) is 42.5 Å². The van der Waals surface area contributed by atoms with Crippen LogP contribution in [0.1, 0.15) is 27.3 Å². The summed E-state index contributed by atoms with van der Waals surface area (Å²) in [5.41, 5.74) is 5.60. The number of nitrogens with one attached hydrogen (secondary N) is 1. The molecule has 1 aliphatic rings. The lowest BCUT2D eigenvalue weighted by Gasteiger charge is -2.25. The fourth-order valence-electron chi connectivity index (χ4n) is 4.98. The maximum atomic E-state index is 11.8. The van der Waals surface area contributed by atoms with Gasteiger partial charge in [-0.2, -0.15) is 4.98 Å². The van der Waals surface area contributed by atoms with Gasteiger partial charge in [0, 0.05) is 65.1 Å². The van der Waals surface area contributed by atoms with E-state index in [1.807, 2.05) is 58.5 Å². The Morgan fingerprint density at radius 2 is 1.81 bits per heavy atom. The van der Waals surface area contributed by atoms with Gasteiger partial charge in [0.25, 0.3) is 5.95 Å². The Kier molecular flexibility index (Phi) is 6.31. The van der Waals surface area contributed by atoms with Crippen LogP contribution in [0.2, 0.25) is 0 Å². The third-order valence-electron chi connectivity index (χ3n) is 6.93. The van der Waals surface area contributed by atoms with E-state index in [1.54, 1.807) is 0 Å². The molecule has 1 fully saturated rings. The summed E-state index contributed by atoms with van der Waals surface area (Å²) in [4.78, 5) is 19.0. The van der Waals surface area contributed by atoms with Crippen LogP contribution in [0.25, 0.3) is 22.4 Å². The van der Waals surface area contributed by atoms with Gasteiger partial charge < -0.3 is 5.32 Å². The lowest BCUT2D eigenvalue weighted by molar-refractivity contribution is 0.112. The molecule has 8 nitrogen and oxygen atoms in total. The highest BCUT2D eigenvalue weighted by Gasteiger charge is 2.20. The van der Waals surface area contributed by atoms with Crippen LogP contribution in [-0.4, -0.2) is 59.2 Å². The molecule has 0 saturated carbocycles. The molecule has 6 rings (SSSR count). The molecule has 4 heterocycles. The van der Waals surface area contributed by atoms with Gasteiger partial charge in [-0.15, -0.1) is 5.10 Å². The highest BCUT2D eigenvalue weighted by molar-refractivity contribution is 7.85. The van der Waals surface area contributed by atoms with Crippen molar-refractivity contribution in [3.63, 3.8) is 0 Å². The second-order valence-corrected chi connectivity index (χ2v) is 11.1. The smallest absolute Gasteiger partial charge is 0.254 e. The van der Waals surface area contributed by atoms with Crippen molar-refractivity contribution in [3.8, 4) is 5.95 Å². The summed E-state index contributed by atoms with van der Waals surface area (Å²) in [6, 6.07) is 22.1. The monoisotopic (exact) mass is 512 g/mol. The van der Waals surface area contributed by atoms with Crippen LogP contribution in [0.5, 0.6) is 0 Å². The van der Waals surface area contributed by atoms with Crippen molar-refractivity contribution < 1.29 is 9.00 Å². The molecule has 0 atom stereocenters. The maximum Gasteiger partial charge on any atom is 0.254 e. The minimum Gasteiger partial charge on any atom is -0.364 e. The van der Waals surface area contributed by atoms with E-state index in [-0.39, 0.29) is 0 Å². The predicted molar refractivity (Wildman–Crippen MR) is 147 cm³/mol. The minimum absolute atomic E-state index is 0.538. The van der Waals surface area contributed by atoms with Gasteiger partial charge in [-0.3, -0.25) is 18.5 Å². The first-order valence-electron chi connectivity index (χ1n) is 12.4. The summed E-state index contributed by atoms with van der Waals surface area (Å²) >= 11 is 0.